The van der Waals surface area contributed by atoms with Crippen LogP contribution in [-0.2, 0) is 9.63 Å². The topological polar surface area (TPSA) is 84.3 Å². The number of para-hydroxylation sites is 1. The van der Waals surface area contributed by atoms with Crippen LogP contribution in [0, 0.1) is 0 Å². The molecule has 0 atom stereocenters. The minimum Gasteiger partial charge on any atom is -0.479 e. The number of carboxylic acids is 1. The SMILES string of the molecule is O=C(O)CONc1ncnc2ccccc12. The van der Waals surface area contributed by atoms with Gasteiger partial charge in [0.15, 0.2) is 12.4 Å². The maximum absolute atomic E-state index is 10.3. The second kappa shape index (κ2) is 4.54. The van der Waals surface area contributed by atoms with Crippen LogP contribution in [0.5, 0.6) is 0 Å². The minimum absolute atomic E-state index is 0.432. The lowest BCUT2D eigenvalue weighted by molar-refractivity contribution is -0.141. The summed E-state index contributed by atoms with van der Waals surface area (Å²) in [4.78, 5) is 23.0. The van der Waals surface area contributed by atoms with Gasteiger partial charge in [0.25, 0.3) is 0 Å². The van der Waals surface area contributed by atoms with Gasteiger partial charge >= 0.3 is 5.97 Å². The van der Waals surface area contributed by atoms with E-state index in [0.29, 0.717) is 5.82 Å². The van der Waals surface area contributed by atoms with Gasteiger partial charge in [0.05, 0.1) is 5.52 Å². The van der Waals surface area contributed by atoms with Crippen LogP contribution in [0.4, 0.5) is 5.82 Å². The molecule has 0 unspecified atom stereocenters. The Morgan fingerprint density at radius 3 is 3.00 bits per heavy atom. The molecule has 0 amide bonds. The first-order valence-electron chi connectivity index (χ1n) is 4.57. The molecule has 1 aromatic heterocycles. The van der Waals surface area contributed by atoms with Gasteiger partial charge in [0.1, 0.15) is 6.33 Å². The van der Waals surface area contributed by atoms with Crippen LogP contribution in [0.25, 0.3) is 10.9 Å². The maximum Gasteiger partial charge on any atom is 0.332 e. The smallest absolute Gasteiger partial charge is 0.332 e. The number of hydrogen-bond acceptors (Lipinski definition) is 5. The van der Waals surface area contributed by atoms with E-state index in [0.717, 1.165) is 10.9 Å². The average Bonchev–Trinajstić information content (AvgIpc) is 2.29. The van der Waals surface area contributed by atoms with Crippen molar-refractivity contribution in [3.63, 3.8) is 0 Å². The van der Waals surface area contributed by atoms with Crippen molar-refractivity contribution in [1.29, 1.82) is 0 Å². The molecular formula is C10H9N3O3. The zero-order valence-corrected chi connectivity index (χ0v) is 8.25. The lowest BCUT2D eigenvalue weighted by atomic mass is 10.2. The van der Waals surface area contributed by atoms with Crippen molar-refractivity contribution in [3.8, 4) is 0 Å². The van der Waals surface area contributed by atoms with E-state index in [2.05, 4.69) is 15.4 Å². The highest BCUT2D eigenvalue weighted by Gasteiger charge is 2.03. The molecule has 0 fully saturated rings. The molecule has 0 aliphatic heterocycles. The van der Waals surface area contributed by atoms with Gasteiger partial charge in [0, 0.05) is 5.39 Å². The number of aromatic nitrogens is 2. The largest absolute Gasteiger partial charge is 0.479 e. The van der Waals surface area contributed by atoms with Gasteiger partial charge in [0.2, 0.25) is 0 Å². The summed E-state index contributed by atoms with van der Waals surface area (Å²) in [5.41, 5.74) is 3.25. The van der Waals surface area contributed by atoms with E-state index in [1.807, 2.05) is 24.3 Å². The zero-order valence-electron chi connectivity index (χ0n) is 8.25. The van der Waals surface area contributed by atoms with Crippen molar-refractivity contribution in [2.45, 2.75) is 0 Å². The number of nitrogens with one attached hydrogen (secondary N) is 1. The third-order valence-corrected chi connectivity index (χ3v) is 1.91. The molecule has 6 nitrogen and oxygen atoms in total. The van der Waals surface area contributed by atoms with Gasteiger partial charge < -0.3 is 5.11 Å². The highest BCUT2D eigenvalue weighted by molar-refractivity contribution is 5.88. The van der Waals surface area contributed by atoms with Crippen LogP contribution in [0.2, 0.25) is 0 Å². The van der Waals surface area contributed by atoms with Crippen LogP contribution >= 0.6 is 0 Å². The number of fused-ring (bicyclic) bond motifs is 1. The van der Waals surface area contributed by atoms with Gasteiger partial charge in [-0.3, -0.25) is 4.84 Å². The fraction of sp³-hybridized carbons (Fsp3) is 0.100. The Labute approximate surface area is 90.9 Å². The fourth-order valence-electron chi connectivity index (χ4n) is 1.25. The maximum atomic E-state index is 10.3. The van der Waals surface area contributed by atoms with E-state index in [4.69, 9.17) is 9.94 Å². The Kier molecular flexibility index (Phi) is 2.93. The van der Waals surface area contributed by atoms with Crippen molar-refractivity contribution in [3.05, 3.63) is 30.6 Å². The summed E-state index contributed by atoms with van der Waals surface area (Å²) in [6.45, 7) is -0.432. The van der Waals surface area contributed by atoms with Gasteiger partial charge in [-0.15, -0.1) is 0 Å². The molecule has 0 saturated heterocycles. The van der Waals surface area contributed by atoms with Gasteiger partial charge in [-0.1, -0.05) is 12.1 Å². The predicted octanol–water partition coefficient (Wildman–Crippen LogP) is 1.06. The van der Waals surface area contributed by atoms with E-state index in [1.165, 1.54) is 6.33 Å². The first kappa shape index (κ1) is 10.3. The Bertz CT molecular complexity index is 510. The van der Waals surface area contributed by atoms with Crippen LogP contribution in [0.3, 0.4) is 0 Å². The molecular weight excluding hydrogens is 210 g/mol. The van der Waals surface area contributed by atoms with Crippen molar-refractivity contribution < 1.29 is 14.7 Å². The molecule has 2 rings (SSSR count). The third-order valence-electron chi connectivity index (χ3n) is 1.91. The Balaban J connectivity index is 2.20. The van der Waals surface area contributed by atoms with Crippen molar-refractivity contribution in [2.24, 2.45) is 0 Å². The quantitative estimate of drug-likeness (QED) is 0.748. The van der Waals surface area contributed by atoms with Crippen LogP contribution in [0.1, 0.15) is 0 Å². The normalized spacial score (nSPS) is 10.2. The number of benzene rings is 1. The summed E-state index contributed by atoms with van der Waals surface area (Å²) >= 11 is 0. The van der Waals surface area contributed by atoms with Crippen LogP contribution < -0.4 is 5.48 Å². The van der Waals surface area contributed by atoms with Gasteiger partial charge in [-0.2, -0.15) is 0 Å². The molecule has 0 radical (unpaired) electrons. The van der Waals surface area contributed by atoms with Crippen molar-refractivity contribution >= 4 is 22.7 Å². The number of rotatable bonds is 4. The Morgan fingerprint density at radius 2 is 2.19 bits per heavy atom. The van der Waals surface area contributed by atoms with E-state index in [1.54, 1.807) is 0 Å². The molecule has 2 aromatic rings. The van der Waals surface area contributed by atoms with E-state index < -0.39 is 12.6 Å². The summed E-state index contributed by atoms with van der Waals surface area (Å²) in [5, 5.41) is 9.18. The number of nitrogens with zero attached hydrogens (tertiary/aromatic N) is 2. The number of anilines is 1. The third kappa shape index (κ3) is 2.23. The highest BCUT2D eigenvalue weighted by atomic mass is 16.7. The van der Waals surface area contributed by atoms with Crippen LogP contribution in [0.15, 0.2) is 30.6 Å². The molecule has 1 heterocycles. The highest BCUT2D eigenvalue weighted by Crippen LogP contribution is 2.17. The number of carboxylic acid groups (broad SMARTS) is 1. The standard InChI is InChI=1S/C10H9N3O3/c14-9(15)5-16-13-10-7-3-1-2-4-8(7)11-6-12-10/h1-4,6H,5H2,(H,14,15)(H,11,12,13). The van der Waals surface area contributed by atoms with Gasteiger partial charge in [-0.25, -0.2) is 20.2 Å². The van der Waals surface area contributed by atoms with Gasteiger partial charge in [-0.05, 0) is 12.1 Å². The Hall–Kier alpha value is -2.21. The molecule has 0 bridgehead atoms. The second-order valence-electron chi connectivity index (χ2n) is 3.02. The summed E-state index contributed by atoms with van der Waals surface area (Å²) in [7, 11) is 0. The summed E-state index contributed by atoms with van der Waals surface area (Å²) in [6.07, 6.45) is 1.38. The lowest BCUT2D eigenvalue weighted by Gasteiger charge is -2.06. The molecule has 82 valence electrons. The average molecular weight is 219 g/mol. The molecule has 2 N–H and O–H groups in total. The first-order chi connectivity index (χ1) is 7.77. The molecule has 1 aromatic carbocycles. The molecule has 0 aliphatic rings. The Morgan fingerprint density at radius 1 is 1.38 bits per heavy atom. The summed E-state index contributed by atoms with van der Waals surface area (Å²) in [5.74, 6) is -0.599. The zero-order chi connectivity index (χ0) is 11.4. The van der Waals surface area contributed by atoms with E-state index in [-0.39, 0.29) is 0 Å². The molecule has 6 heteroatoms. The number of hydrogen-bond donors (Lipinski definition) is 2. The molecule has 0 spiro atoms. The molecule has 16 heavy (non-hydrogen) atoms. The number of aliphatic carboxylic acids is 1. The minimum atomic E-state index is -1.05. The van der Waals surface area contributed by atoms with Crippen LogP contribution in [-0.4, -0.2) is 27.7 Å². The summed E-state index contributed by atoms with van der Waals surface area (Å²) < 4.78 is 0. The van der Waals surface area contributed by atoms with Crippen molar-refractivity contribution in [2.75, 3.05) is 12.1 Å². The summed E-state index contributed by atoms with van der Waals surface area (Å²) in [6, 6.07) is 7.35. The lowest BCUT2D eigenvalue weighted by Crippen LogP contribution is -2.12. The fourth-order valence-corrected chi connectivity index (χ4v) is 1.25. The van der Waals surface area contributed by atoms with Crippen molar-refractivity contribution in [1.82, 2.24) is 9.97 Å². The first-order valence-corrected chi connectivity index (χ1v) is 4.57. The second-order valence-corrected chi connectivity index (χ2v) is 3.02. The monoisotopic (exact) mass is 219 g/mol. The number of carbonyl (C=O) groups is 1. The predicted molar refractivity (Wildman–Crippen MR) is 56.7 cm³/mol. The molecule has 0 saturated carbocycles. The molecule has 0 aliphatic carbocycles. The van der Waals surface area contributed by atoms with E-state index in [9.17, 15) is 4.79 Å². The van der Waals surface area contributed by atoms with E-state index >= 15 is 0 Å².